The Morgan fingerprint density at radius 3 is 2.78 bits per heavy atom. The van der Waals surface area contributed by atoms with E-state index >= 15 is 0 Å². The van der Waals surface area contributed by atoms with E-state index in [2.05, 4.69) is 5.32 Å². The Hall–Kier alpha value is -0.970. The van der Waals surface area contributed by atoms with E-state index in [0.29, 0.717) is 42.0 Å². The second-order valence-electron chi connectivity index (χ2n) is 3.95. The minimum atomic E-state index is 0.0364. The van der Waals surface area contributed by atoms with E-state index in [4.69, 9.17) is 27.9 Å². The van der Waals surface area contributed by atoms with Crippen LogP contribution in [0.2, 0.25) is 10.0 Å². The Balaban J connectivity index is 1.90. The molecule has 1 saturated heterocycles. The van der Waals surface area contributed by atoms with Crippen LogP contribution in [0.25, 0.3) is 0 Å². The van der Waals surface area contributed by atoms with Gasteiger partial charge in [0.1, 0.15) is 0 Å². The summed E-state index contributed by atoms with van der Waals surface area (Å²) in [6, 6.07) is 5.29. The van der Waals surface area contributed by atoms with Gasteiger partial charge in [-0.1, -0.05) is 29.3 Å². The van der Waals surface area contributed by atoms with E-state index in [1.165, 1.54) is 0 Å². The quantitative estimate of drug-likeness (QED) is 0.928. The largest absolute Gasteiger partial charge is 0.378 e. The van der Waals surface area contributed by atoms with Gasteiger partial charge in [-0.25, -0.2) is 0 Å². The van der Waals surface area contributed by atoms with Crippen molar-refractivity contribution in [1.82, 2.24) is 4.90 Å². The molecular formula is C12H14Cl2N2O2. The van der Waals surface area contributed by atoms with E-state index in [1.807, 2.05) is 0 Å². The van der Waals surface area contributed by atoms with Crippen LogP contribution in [0.1, 0.15) is 0 Å². The fourth-order valence-electron chi connectivity index (χ4n) is 1.74. The van der Waals surface area contributed by atoms with Crippen molar-refractivity contribution in [3.8, 4) is 0 Å². The van der Waals surface area contributed by atoms with Crippen molar-refractivity contribution in [3.63, 3.8) is 0 Å². The Labute approximate surface area is 116 Å². The molecule has 0 spiro atoms. The first-order valence-electron chi connectivity index (χ1n) is 5.72. The lowest BCUT2D eigenvalue weighted by Crippen LogP contribution is -2.43. The molecule has 0 aromatic heterocycles. The van der Waals surface area contributed by atoms with E-state index in [0.717, 1.165) is 0 Å². The number of ether oxygens (including phenoxy) is 1. The van der Waals surface area contributed by atoms with Crippen molar-refractivity contribution in [2.75, 3.05) is 38.2 Å². The van der Waals surface area contributed by atoms with Crippen LogP contribution in [0.5, 0.6) is 0 Å². The van der Waals surface area contributed by atoms with E-state index in [1.54, 1.807) is 23.1 Å². The fraction of sp³-hybridized carbons (Fsp3) is 0.417. The SMILES string of the molecule is O=C(CNc1cccc(Cl)c1Cl)N1CCOCC1. The molecular weight excluding hydrogens is 275 g/mol. The van der Waals surface area contributed by atoms with Gasteiger partial charge in [0.2, 0.25) is 5.91 Å². The predicted octanol–water partition coefficient (Wildman–Crippen LogP) is 2.26. The molecule has 1 aliphatic rings. The number of nitrogens with zero attached hydrogens (tertiary/aromatic N) is 1. The molecule has 0 atom stereocenters. The number of carbonyl (C=O) groups excluding carboxylic acids is 1. The van der Waals surface area contributed by atoms with Gasteiger partial charge in [0.25, 0.3) is 0 Å². The molecule has 0 unspecified atom stereocenters. The molecule has 1 aromatic carbocycles. The summed E-state index contributed by atoms with van der Waals surface area (Å²) in [6.07, 6.45) is 0. The van der Waals surface area contributed by atoms with Gasteiger partial charge in [0, 0.05) is 13.1 Å². The number of benzene rings is 1. The second kappa shape index (κ2) is 6.27. The summed E-state index contributed by atoms with van der Waals surface area (Å²) >= 11 is 11.9. The number of hydrogen-bond acceptors (Lipinski definition) is 3. The van der Waals surface area contributed by atoms with Crippen molar-refractivity contribution < 1.29 is 9.53 Å². The van der Waals surface area contributed by atoms with E-state index in [-0.39, 0.29) is 12.5 Å². The zero-order valence-corrected chi connectivity index (χ0v) is 11.3. The second-order valence-corrected chi connectivity index (χ2v) is 4.73. The molecule has 18 heavy (non-hydrogen) atoms. The summed E-state index contributed by atoms with van der Waals surface area (Å²) in [5, 5.41) is 3.91. The monoisotopic (exact) mass is 288 g/mol. The van der Waals surface area contributed by atoms with Crippen LogP contribution in [0.15, 0.2) is 18.2 Å². The average Bonchev–Trinajstić information content (AvgIpc) is 2.41. The molecule has 0 bridgehead atoms. The maximum atomic E-state index is 11.9. The lowest BCUT2D eigenvalue weighted by molar-refractivity contribution is -0.133. The van der Waals surface area contributed by atoms with Crippen molar-refractivity contribution in [3.05, 3.63) is 28.2 Å². The number of hydrogen-bond donors (Lipinski definition) is 1. The number of halogens is 2. The zero-order valence-electron chi connectivity index (χ0n) is 9.79. The third kappa shape index (κ3) is 3.28. The van der Waals surface area contributed by atoms with Crippen molar-refractivity contribution in [1.29, 1.82) is 0 Å². The number of nitrogens with one attached hydrogen (secondary N) is 1. The summed E-state index contributed by atoms with van der Waals surface area (Å²) in [7, 11) is 0. The van der Waals surface area contributed by atoms with Gasteiger partial charge in [-0.15, -0.1) is 0 Å². The van der Waals surface area contributed by atoms with Gasteiger partial charge in [0.15, 0.2) is 0 Å². The van der Waals surface area contributed by atoms with Crippen molar-refractivity contribution >= 4 is 34.8 Å². The summed E-state index contributed by atoms with van der Waals surface area (Å²) in [4.78, 5) is 13.7. The number of morpholine rings is 1. The van der Waals surface area contributed by atoms with Crippen LogP contribution in [0.4, 0.5) is 5.69 Å². The highest BCUT2D eigenvalue weighted by molar-refractivity contribution is 6.43. The number of amides is 1. The lowest BCUT2D eigenvalue weighted by Gasteiger charge is -2.27. The van der Waals surface area contributed by atoms with Gasteiger partial charge in [-0.2, -0.15) is 0 Å². The van der Waals surface area contributed by atoms with E-state index < -0.39 is 0 Å². The fourth-order valence-corrected chi connectivity index (χ4v) is 2.10. The highest BCUT2D eigenvalue weighted by atomic mass is 35.5. The molecule has 0 aliphatic carbocycles. The Bertz CT molecular complexity index is 434. The highest BCUT2D eigenvalue weighted by Crippen LogP contribution is 2.29. The van der Waals surface area contributed by atoms with Gasteiger partial charge < -0.3 is 15.0 Å². The molecule has 1 amide bonds. The zero-order chi connectivity index (χ0) is 13.0. The molecule has 1 fully saturated rings. The smallest absolute Gasteiger partial charge is 0.242 e. The third-order valence-electron chi connectivity index (χ3n) is 2.75. The van der Waals surface area contributed by atoms with Crippen LogP contribution < -0.4 is 5.32 Å². The Morgan fingerprint density at radius 1 is 1.33 bits per heavy atom. The summed E-state index contributed by atoms with van der Waals surface area (Å²) in [5.41, 5.74) is 0.672. The molecule has 6 heteroatoms. The molecule has 4 nitrogen and oxygen atoms in total. The van der Waals surface area contributed by atoms with Gasteiger partial charge in [0.05, 0.1) is 35.5 Å². The van der Waals surface area contributed by atoms with Gasteiger partial charge in [-0.3, -0.25) is 4.79 Å². The predicted molar refractivity (Wildman–Crippen MR) is 72.4 cm³/mol. The summed E-state index contributed by atoms with van der Waals surface area (Å²) < 4.78 is 5.19. The number of rotatable bonds is 3. The molecule has 1 aliphatic heterocycles. The molecule has 98 valence electrons. The maximum absolute atomic E-state index is 11.9. The van der Waals surface area contributed by atoms with Crippen LogP contribution in [-0.4, -0.2) is 43.7 Å². The molecule has 0 radical (unpaired) electrons. The molecule has 0 saturated carbocycles. The van der Waals surface area contributed by atoms with Crippen LogP contribution in [0.3, 0.4) is 0 Å². The van der Waals surface area contributed by atoms with Crippen molar-refractivity contribution in [2.45, 2.75) is 0 Å². The number of carbonyl (C=O) groups is 1. The molecule has 1 aromatic rings. The Kier molecular flexibility index (Phi) is 4.69. The Morgan fingerprint density at radius 2 is 2.06 bits per heavy atom. The maximum Gasteiger partial charge on any atom is 0.242 e. The van der Waals surface area contributed by atoms with E-state index in [9.17, 15) is 4.79 Å². The van der Waals surface area contributed by atoms with Crippen LogP contribution >= 0.6 is 23.2 Å². The summed E-state index contributed by atoms with van der Waals surface area (Å²) in [6.45, 7) is 2.70. The standard InChI is InChI=1S/C12H14Cl2N2O2/c13-9-2-1-3-10(12(9)14)15-8-11(17)16-4-6-18-7-5-16/h1-3,15H,4-8H2. The van der Waals surface area contributed by atoms with Crippen molar-refractivity contribution in [2.24, 2.45) is 0 Å². The van der Waals surface area contributed by atoms with Gasteiger partial charge in [-0.05, 0) is 12.1 Å². The third-order valence-corrected chi connectivity index (χ3v) is 3.56. The first kappa shape index (κ1) is 13.5. The minimum absolute atomic E-state index is 0.0364. The lowest BCUT2D eigenvalue weighted by atomic mass is 10.3. The minimum Gasteiger partial charge on any atom is -0.378 e. The molecule has 2 rings (SSSR count). The first-order valence-corrected chi connectivity index (χ1v) is 6.47. The first-order chi connectivity index (χ1) is 8.68. The van der Waals surface area contributed by atoms with Crippen LogP contribution in [-0.2, 0) is 9.53 Å². The highest BCUT2D eigenvalue weighted by Gasteiger charge is 2.16. The number of anilines is 1. The topological polar surface area (TPSA) is 41.6 Å². The molecule has 1 heterocycles. The molecule has 1 N–H and O–H groups in total. The normalized spacial score (nSPS) is 15.6. The van der Waals surface area contributed by atoms with Crippen LogP contribution in [0, 0.1) is 0 Å². The summed E-state index contributed by atoms with van der Waals surface area (Å²) in [5.74, 6) is 0.0364. The average molecular weight is 289 g/mol. The van der Waals surface area contributed by atoms with Gasteiger partial charge >= 0.3 is 0 Å².